The molecule has 2 atom stereocenters. The lowest BCUT2D eigenvalue weighted by Crippen LogP contribution is -2.35. The molecule has 1 aromatic rings. The van der Waals surface area contributed by atoms with Crippen LogP contribution in [0.5, 0.6) is 0 Å². The molecule has 2 nitrogen and oxygen atoms in total. The van der Waals surface area contributed by atoms with Crippen LogP contribution in [0, 0.1) is 24.6 Å². The van der Waals surface area contributed by atoms with E-state index in [4.69, 9.17) is 11.6 Å². The van der Waals surface area contributed by atoms with Crippen LogP contribution in [0.25, 0.3) is 0 Å². The molecule has 1 amide bonds. The van der Waals surface area contributed by atoms with E-state index in [9.17, 15) is 9.18 Å². The molecule has 1 aliphatic carbocycles. The number of rotatable bonds is 4. The van der Waals surface area contributed by atoms with Crippen LogP contribution >= 0.6 is 11.6 Å². The van der Waals surface area contributed by atoms with Crippen LogP contribution in [0.2, 0.25) is 0 Å². The molecule has 0 radical (unpaired) electrons. The lowest BCUT2D eigenvalue weighted by atomic mass is 9.80. The zero-order chi connectivity index (χ0) is 14.5. The molecule has 1 aliphatic rings. The van der Waals surface area contributed by atoms with E-state index in [1.54, 1.807) is 13.0 Å². The molecule has 0 aliphatic heterocycles. The predicted molar refractivity (Wildman–Crippen MR) is 79.6 cm³/mol. The van der Waals surface area contributed by atoms with Gasteiger partial charge in [0, 0.05) is 18.0 Å². The van der Waals surface area contributed by atoms with E-state index in [0.29, 0.717) is 29.8 Å². The Morgan fingerprint density at radius 3 is 2.65 bits per heavy atom. The molecule has 1 saturated carbocycles. The third kappa shape index (κ3) is 3.95. The number of benzene rings is 1. The van der Waals surface area contributed by atoms with Gasteiger partial charge in [0.15, 0.2) is 0 Å². The molecule has 1 aromatic carbocycles. The normalized spacial score (nSPS) is 22.6. The Labute approximate surface area is 124 Å². The van der Waals surface area contributed by atoms with E-state index in [1.165, 1.54) is 25.0 Å². The minimum Gasteiger partial charge on any atom is -0.352 e. The van der Waals surface area contributed by atoms with Crippen LogP contribution in [0.3, 0.4) is 0 Å². The smallest absolute Gasteiger partial charge is 0.251 e. The van der Waals surface area contributed by atoms with Gasteiger partial charge in [0.2, 0.25) is 0 Å². The van der Waals surface area contributed by atoms with Gasteiger partial charge in [-0.05, 0) is 55.4 Å². The summed E-state index contributed by atoms with van der Waals surface area (Å²) in [5.41, 5.74) is 1.15. The molecule has 0 aromatic heterocycles. The first-order valence-electron chi connectivity index (χ1n) is 7.21. The van der Waals surface area contributed by atoms with Gasteiger partial charge in [-0.2, -0.15) is 0 Å². The van der Waals surface area contributed by atoms with E-state index in [-0.39, 0.29) is 11.7 Å². The maximum absolute atomic E-state index is 13.3. The van der Waals surface area contributed by atoms with Crippen molar-refractivity contribution in [2.75, 3.05) is 12.4 Å². The zero-order valence-electron chi connectivity index (χ0n) is 11.8. The molecular weight excluding hydrogens is 277 g/mol. The Balaban J connectivity index is 1.94. The number of halogens is 2. The van der Waals surface area contributed by atoms with E-state index in [1.807, 2.05) is 0 Å². The molecule has 0 bridgehead atoms. The molecular formula is C16H21ClFNO. The SMILES string of the molecule is Cc1cc(F)cc(C(=O)NCC2CCCCC2CCl)c1. The van der Waals surface area contributed by atoms with Crippen LogP contribution in [-0.2, 0) is 0 Å². The summed E-state index contributed by atoms with van der Waals surface area (Å²) in [4.78, 5) is 12.1. The second kappa shape index (κ2) is 7.07. The Kier molecular flexibility index (Phi) is 5.41. The van der Waals surface area contributed by atoms with Crippen molar-refractivity contribution in [3.8, 4) is 0 Å². The highest BCUT2D eigenvalue weighted by molar-refractivity contribution is 6.18. The fourth-order valence-corrected chi connectivity index (χ4v) is 3.36. The fourth-order valence-electron chi connectivity index (χ4n) is 2.95. The Hall–Kier alpha value is -1.09. The molecule has 0 saturated heterocycles. The lowest BCUT2D eigenvalue weighted by Gasteiger charge is -2.30. The molecule has 1 N–H and O–H groups in total. The maximum Gasteiger partial charge on any atom is 0.251 e. The number of nitrogens with one attached hydrogen (secondary N) is 1. The third-order valence-corrected chi connectivity index (χ3v) is 4.49. The Bertz CT molecular complexity index is 457. The topological polar surface area (TPSA) is 29.1 Å². The second-order valence-corrected chi connectivity index (χ2v) is 5.99. The standard InChI is InChI=1S/C16H21ClFNO/c1-11-6-14(8-15(18)7-11)16(20)19-10-13-5-3-2-4-12(13)9-17/h6-8,12-13H,2-5,9-10H2,1H3,(H,19,20). The molecule has 2 rings (SSSR count). The van der Waals surface area contributed by atoms with E-state index in [0.717, 1.165) is 18.4 Å². The summed E-state index contributed by atoms with van der Waals surface area (Å²) in [5.74, 6) is 1.01. The van der Waals surface area contributed by atoms with Crippen molar-refractivity contribution >= 4 is 17.5 Å². The van der Waals surface area contributed by atoms with Crippen molar-refractivity contribution in [3.05, 3.63) is 35.1 Å². The van der Waals surface area contributed by atoms with Crippen molar-refractivity contribution in [2.24, 2.45) is 11.8 Å². The van der Waals surface area contributed by atoms with Crippen molar-refractivity contribution in [2.45, 2.75) is 32.6 Å². The van der Waals surface area contributed by atoms with Crippen molar-refractivity contribution in [3.63, 3.8) is 0 Å². The van der Waals surface area contributed by atoms with Gasteiger partial charge in [-0.15, -0.1) is 11.6 Å². The molecule has 0 heterocycles. The quantitative estimate of drug-likeness (QED) is 0.839. The Morgan fingerprint density at radius 1 is 1.30 bits per heavy atom. The number of alkyl halides is 1. The van der Waals surface area contributed by atoms with Crippen LogP contribution in [0.4, 0.5) is 4.39 Å². The summed E-state index contributed by atoms with van der Waals surface area (Å²) in [6.45, 7) is 2.41. The first-order valence-corrected chi connectivity index (χ1v) is 7.75. The highest BCUT2D eigenvalue weighted by Gasteiger charge is 2.24. The minimum absolute atomic E-state index is 0.202. The number of hydrogen-bond donors (Lipinski definition) is 1. The van der Waals surface area contributed by atoms with Crippen molar-refractivity contribution < 1.29 is 9.18 Å². The number of carbonyl (C=O) groups excluding carboxylic acids is 1. The van der Waals surface area contributed by atoms with Crippen LogP contribution < -0.4 is 5.32 Å². The molecule has 20 heavy (non-hydrogen) atoms. The van der Waals surface area contributed by atoms with E-state index in [2.05, 4.69) is 5.32 Å². The first-order chi connectivity index (χ1) is 9.60. The molecule has 110 valence electrons. The van der Waals surface area contributed by atoms with Crippen molar-refractivity contribution in [1.29, 1.82) is 0 Å². The number of carbonyl (C=O) groups is 1. The number of aryl methyl sites for hydroxylation is 1. The van der Waals surface area contributed by atoms with Gasteiger partial charge in [0.05, 0.1) is 0 Å². The van der Waals surface area contributed by atoms with Gasteiger partial charge in [0.1, 0.15) is 5.82 Å². The minimum atomic E-state index is -0.369. The van der Waals surface area contributed by atoms with E-state index < -0.39 is 0 Å². The summed E-state index contributed by atoms with van der Waals surface area (Å²) in [6.07, 6.45) is 4.68. The summed E-state index contributed by atoms with van der Waals surface area (Å²) in [5, 5.41) is 2.92. The van der Waals surface area contributed by atoms with Gasteiger partial charge < -0.3 is 5.32 Å². The summed E-state index contributed by atoms with van der Waals surface area (Å²) in [7, 11) is 0. The average molecular weight is 298 g/mol. The van der Waals surface area contributed by atoms with Gasteiger partial charge in [-0.1, -0.05) is 12.8 Å². The summed E-state index contributed by atoms with van der Waals surface area (Å²) >= 11 is 5.99. The largest absolute Gasteiger partial charge is 0.352 e. The molecule has 2 unspecified atom stereocenters. The first kappa shape index (κ1) is 15.3. The van der Waals surface area contributed by atoms with Crippen LogP contribution in [0.15, 0.2) is 18.2 Å². The van der Waals surface area contributed by atoms with E-state index >= 15 is 0 Å². The average Bonchev–Trinajstić information content (AvgIpc) is 2.44. The maximum atomic E-state index is 13.3. The summed E-state index contributed by atoms with van der Waals surface area (Å²) < 4.78 is 13.3. The molecule has 1 fully saturated rings. The van der Waals surface area contributed by atoms with Crippen LogP contribution in [-0.4, -0.2) is 18.3 Å². The zero-order valence-corrected chi connectivity index (χ0v) is 12.5. The van der Waals surface area contributed by atoms with Gasteiger partial charge in [0.25, 0.3) is 5.91 Å². The fraction of sp³-hybridized carbons (Fsp3) is 0.562. The molecule has 4 heteroatoms. The van der Waals surface area contributed by atoms with Gasteiger partial charge in [-0.25, -0.2) is 4.39 Å². The highest BCUT2D eigenvalue weighted by Crippen LogP contribution is 2.30. The second-order valence-electron chi connectivity index (χ2n) is 5.69. The molecule has 0 spiro atoms. The van der Waals surface area contributed by atoms with Crippen molar-refractivity contribution in [1.82, 2.24) is 5.32 Å². The predicted octanol–water partition coefficient (Wildman–Crippen LogP) is 3.91. The summed E-state index contributed by atoms with van der Waals surface area (Å²) in [6, 6.07) is 4.40. The number of amides is 1. The van der Waals surface area contributed by atoms with Gasteiger partial charge >= 0.3 is 0 Å². The number of hydrogen-bond acceptors (Lipinski definition) is 1. The Morgan fingerprint density at radius 2 is 2.00 bits per heavy atom. The monoisotopic (exact) mass is 297 g/mol. The lowest BCUT2D eigenvalue weighted by molar-refractivity contribution is 0.0936. The third-order valence-electron chi connectivity index (χ3n) is 4.09. The van der Waals surface area contributed by atoms with Crippen LogP contribution in [0.1, 0.15) is 41.6 Å². The van der Waals surface area contributed by atoms with Gasteiger partial charge in [-0.3, -0.25) is 4.79 Å². The highest BCUT2D eigenvalue weighted by atomic mass is 35.5.